The van der Waals surface area contributed by atoms with E-state index in [1.54, 1.807) is 20.3 Å². The molecular weight excluding hydrogens is 416 g/mol. The number of rotatable bonds is 4. The number of hydrogen-bond acceptors (Lipinski definition) is 8. The molecule has 0 saturated carbocycles. The normalized spacial score (nSPS) is 24.5. The van der Waals surface area contributed by atoms with Crippen LogP contribution < -0.4 is 23.7 Å². The minimum absolute atomic E-state index is 0.123. The molecule has 3 aliphatic rings. The van der Waals surface area contributed by atoms with E-state index in [9.17, 15) is 9.90 Å². The molecule has 0 radical (unpaired) electrons. The summed E-state index contributed by atoms with van der Waals surface area (Å²) in [5, 5.41) is 11.0. The first-order valence-corrected chi connectivity index (χ1v) is 10.7. The van der Waals surface area contributed by atoms with Gasteiger partial charge < -0.3 is 33.5 Å². The lowest BCUT2D eigenvalue weighted by atomic mass is 9.66. The molecule has 8 heteroatoms. The Bertz CT molecular complexity index is 992. The maximum atomic E-state index is 12.7. The van der Waals surface area contributed by atoms with E-state index in [0.717, 1.165) is 11.1 Å². The summed E-state index contributed by atoms with van der Waals surface area (Å²) in [6, 6.07) is 7.31. The first-order chi connectivity index (χ1) is 15.6. The van der Waals surface area contributed by atoms with Gasteiger partial charge in [-0.1, -0.05) is 13.8 Å². The standard InChI is InChI=1S/C22H22O8.C2H6/c1-25-16-4-10(5-17(26-2)21(16)27-3)18-11-6-14-15(30-9-29-14)7-12(11)20(23)13-8-28-22(24)19(13)18;1-2/h4-7,13,18-20,23H,8-9H2,1-3H3;1-2H3/t13?,18-,19?,20+;/m1./s1. The number of hydrogen-bond donors (Lipinski definition) is 1. The molecular formula is C24H28O8. The first-order valence-electron chi connectivity index (χ1n) is 10.7. The molecule has 1 N–H and O–H groups in total. The Morgan fingerprint density at radius 1 is 0.875 bits per heavy atom. The lowest BCUT2D eigenvalue weighted by molar-refractivity contribution is -0.141. The second-order valence-corrected chi connectivity index (χ2v) is 7.54. The highest BCUT2D eigenvalue weighted by atomic mass is 16.7. The minimum Gasteiger partial charge on any atom is -0.493 e. The summed E-state index contributed by atoms with van der Waals surface area (Å²) in [5.74, 6) is 0.989. The summed E-state index contributed by atoms with van der Waals surface area (Å²) >= 11 is 0. The number of fused-ring (bicyclic) bond motifs is 3. The van der Waals surface area contributed by atoms with Gasteiger partial charge in [-0.3, -0.25) is 4.79 Å². The van der Waals surface area contributed by atoms with Crippen molar-refractivity contribution in [1.29, 1.82) is 0 Å². The molecule has 4 atom stereocenters. The van der Waals surface area contributed by atoms with Crippen molar-refractivity contribution >= 4 is 5.97 Å². The Hall–Kier alpha value is -3.13. The van der Waals surface area contributed by atoms with Crippen LogP contribution in [0.3, 0.4) is 0 Å². The van der Waals surface area contributed by atoms with Crippen LogP contribution >= 0.6 is 0 Å². The fourth-order valence-electron chi connectivity index (χ4n) is 4.81. The number of esters is 1. The summed E-state index contributed by atoms with van der Waals surface area (Å²) < 4.78 is 32.9. The number of cyclic esters (lactones) is 1. The molecule has 0 amide bonds. The fraction of sp³-hybridized carbons (Fsp3) is 0.458. The molecule has 2 aromatic carbocycles. The second kappa shape index (κ2) is 8.78. The quantitative estimate of drug-likeness (QED) is 0.717. The Kier molecular flexibility index (Phi) is 6.06. The van der Waals surface area contributed by atoms with Crippen molar-refractivity contribution < 1.29 is 38.3 Å². The van der Waals surface area contributed by atoms with Gasteiger partial charge in [0.15, 0.2) is 23.0 Å². The number of aliphatic hydroxyl groups excluding tert-OH is 1. The van der Waals surface area contributed by atoms with Crippen molar-refractivity contribution in [1.82, 2.24) is 0 Å². The first kappa shape index (κ1) is 22.1. The lowest BCUT2D eigenvalue weighted by Gasteiger charge is -2.37. The predicted octanol–water partition coefficient (Wildman–Crippen LogP) is 3.44. The lowest BCUT2D eigenvalue weighted by Crippen LogP contribution is -2.34. The third kappa shape index (κ3) is 3.30. The predicted molar refractivity (Wildman–Crippen MR) is 115 cm³/mol. The van der Waals surface area contributed by atoms with Crippen LogP contribution in [0, 0.1) is 11.8 Å². The molecule has 2 aromatic rings. The zero-order valence-electron chi connectivity index (χ0n) is 18.8. The molecule has 0 bridgehead atoms. The Morgan fingerprint density at radius 3 is 2.03 bits per heavy atom. The van der Waals surface area contributed by atoms with Gasteiger partial charge in [0.2, 0.25) is 12.5 Å². The van der Waals surface area contributed by atoms with Gasteiger partial charge in [0.25, 0.3) is 0 Å². The van der Waals surface area contributed by atoms with Gasteiger partial charge >= 0.3 is 5.97 Å². The van der Waals surface area contributed by atoms with Crippen molar-refractivity contribution in [3.05, 3.63) is 41.0 Å². The van der Waals surface area contributed by atoms with Gasteiger partial charge in [-0.15, -0.1) is 0 Å². The number of ether oxygens (including phenoxy) is 6. The Labute approximate surface area is 186 Å². The molecule has 172 valence electrons. The molecule has 2 heterocycles. The van der Waals surface area contributed by atoms with Gasteiger partial charge in [0.05, 0.1) is 40.0 Å². The summed E-state index contributed by atoms with van der Waals surface area (Å²) in [6.45, 7) is 4.29. The number of carbonyl (C=O) groups excluding carboxylic acids is 1. The largest absolute Gasteiger partial charge is 0.493 e. The van der Waals surface area contributed by atoms with Crippen LogP contribution in [0.5, 0.6) is 28.7 Å². The zero-order valence-corrected chi connectivity index (χ0v) is 18.8. The maximum absolute atomic E-state index is 12.7. The number of benzene rings is 2. The van der Waals surface area contributed by atoms with E-state index in [1.807, 2.05) is 32.0 Å². The molecule has 1 saturated heterocycles. The second-order valence-electron chi connectivity index (χ2n) is 7.54. The molecule has 8 nitrogen and oxygen atoms in total. The van der Waals surface area contributed by atoms with Crippen molar-refractivity contribution in [3.8, 4) is 28.7 Å². The highest BCUT2D eigenvalue weighted by Gasteiger charge is 2.52. The molecule has 1 aliphatic carbocycles. The summed E-state index contributed by atoms with van der Waals surface area (Å²) in [5.41, 5.74) is 2.30. The van der Waals surface area contributed by atoms with Crippen molar-refractivity contribution in [2.45, 2.75) is 25.9 Å². The van der Waals surface area contributed by atoms with Crippen molar-refractivity contribution in [3.63, 3.8) is 0 Å². The van der Waals surface area contributed by atoms with E-state index in [-0.39, 0.29) is 31.2 Å². The fourth-order valence-corrected chi connectivity index (χ4v) is 4.81. The average molecular weight is 444 g/mol. The smallest absolute Gasteiger partial charge is 0.310 e. The summed E-state index contributed by atoms with van der Waals surface area (Å²) in [4.78, 5) is 12.7. The molecule has 0 aromatic heterocycles. The Morgan fingerprint density at radius 2 is 1.47 bits per heavy atom. The van der Waals surface area contributed by atoms with Crippen LogP contribution in [0.2, 0.25) is 0 Å². The Balaban J connectivity index is 0.00000119. The number of carbonyl (C=O) groups is 1. The molecule has 0 spiro atoms. The van der Waals surface area contributed by atoms with Gasteiger partial charge in [-0.2, -0.15) is 0 Å². The van der Waals surface area contributed by atoms with Crippen LogP contribution in [0.4, 0.5) is 0 Å². The van der Waals surface area contributed by atoms with Crippen molar-refractivity contribution in [2.24, 2.45) is 11.8 Å². The van der Waals surface area contributed by atoms with E-state index in [0.29, 0.717) is 34.3 Å². The van der Waals surface area contributed by atoms with Gasteiger partial charge in [-0.05, 0) is 41.0 Å². The van der Waals surface area contributed by atoms with E-state index in [2.05, 4.69) is 0 Å². The van der Waals surface area contributed by atoms with Crippen LogP contribution in [0.15, 0.2) is 24.3 Å². The van der Waals surface area contributed by atoms with Gasteiger partial charge in [-0.25, -0.2) is 0 Å². The van der Waals surface area contributed by atoms with E-state index in [1.165, 1.54) is 7.11 Å². The van der Waals surface area contributed by atoms with Gasteiger partial charge in [0, 0.05) is 11.8 Å². The molecule has 2 aliphatic heterocycles. The monoisotopic (exact) mass is 444 g/mol. The topological polar surface area (TPSA) is 92.7 Å². The third-order valence-corrected chi connectivity index (χ3v) is 6.19. The summed E-state index contributed by atoms with van der Waals surface area (Å²) in [6.07, 6.45) is -0.843. The van der Waals surface area contributed by atoms with Crippen LogP contribution in [-0.4, -0.2) is 45.8 Å². The van der Waals surface area contributed by atoms with Crippen LogP contribution in [0.1, 0.15) is 42.6 Å². The van der Waals surface area contributed by atoms with E-state index >= 15 is 0 Å². The van der Waals surface area contributed by atoms with E-state index in [4.69, 9.17) is 28.4 Å². The third-order valence-electron chi connectivity index (χ3n) is 6.19. The highest BCUT2D eigenvalue weighted by molar-refractivity contribution is 5.79. The summed E-state index contributed by atoms with van der Waals surface area (Å²) in [7, 11) is 4.63. The number of aliphatic hydroxyl groups is 1. The van der Waals surface area contributed by atoms with Crippen LogP contribution in [0.25, 0.3) is 0 Å². The SMILES string of the molecule is CC.COc1cc([C@@H]2c3cc4c(cc3[C@H](O)C3COC(=O)C32)OCO4)cc(OC)c1OC. The van der Waals surface area contributed by atoms with Crippen LogP contribution in [-0.2, 0) is 9.53 Å². The minimum atomic E-state index is -0.843. The van der Waals surface area contributed by atoms with Gasteiger partial charge in [0.1, 0.15) is 0 Å². The highest BCUT2D eigenvalue weighted by Crippen LogP contribution is 2.55. The molecule has 2 unspecified atom stereocenters. The molecule has 32 heavy (non-hydrogen) atoms. The van der Waals surface area contributed by atoms with E-state index < -0.39 is 12.0 Å². The molecule has 1 fully saturated rings. The zero-order chi connectivity index (χ0) is 23.0. The average Bonchev–Trinajstić information content (AvgIpc) is 3.45. The maximum Gasteiger partial charge on any atom is 0.310 e. The number of methoxy groups -OCH3 is 3. The van der Waals surface area contributed by atoms with Crippen molar-refractivity contribution in [2.75, 3.05) is 34.7 Å². The molecule has 5 rings (SSSR count).